The average molecular weight is 411 g/mol. The number of aromatic nitrogens is 2. The molecule has 0 aliphatic carbocycles. The Labute approximate surface area is 174 Å². The van der Waals surface area contributed by atoms with Crippen molar-refractivity contribution in [2.24, 2.45) is 0 Å². The van der Waals surface area contributed by atoms with E-state index in [4.69, 9.17) is 16.0 Å². The van der Waals surface area contributed by atoms with Crippen LogP contribution >= 0.6 is 11.6 Å². The van der Waals surface area contributed by atoms with E-state index in [9.17, 15) is 4.79 Å². The summed E-state index contributed by atoms with van der Waals surface area (Å²) >= 11 is 6.20. The summed E-state index contributed by atoms with van der Waals surface area (Å²) in [5.74, 6) is 0.217. The average Bonchev–Trinajstić information content (AvgIpc) is 3.25. The molecule has 2 aromatic carbocycles. The molecule has 4 rings (SSSR count). The van der Waals surface area contributed by atoms with E-state index in [1.54, 1.807) is 6.07 Å². The first-order valence-electron chi connectivity index (χ1n) is 9.87. The van der Waals surface area contributed by atoms with Gasteiger partial charge in [-0.3, -0.25) is 4.79 Å². The lowest BCUT2D eigenvalue weighted by Crippen LogP contribution is -2.31. The van der Waals surface area contributed by atoms with Crippen molar-refractivity contribution in [3.63, 3.8) is 0 Å². The molecule has 0 radical (unpaired) electrons. The zero-order valence-corrected chi connectivity index (χ0v) is 16.8. The van der Waals surface area contributed by atoms with Crippen LogP contribution in [0.3, 0.4) is 0 Å². The lowest BCUT2D eigenvalue weighted by Gasteiger charge is -2.24. The smallest absolute Gasteiger partial charge is 0.318 e. The van der Waals surface area contributed by atoms with Crippen molar-refractivity contribution < 1.29 is 9.21 Å². The zero-order chi connectivity index (χ0) is 20.1. The Morgan fingerprint density at radius 3 is 2.52 bits per heavy atom. The highest BCUT2D eigenvalue weighted by Gasteiger charge is 2.25. The number of nitrogens with one attached hydrogen (secondary N) is 1. The lowest BCUT2D eigenvalue weighted by molar-refractivity contribution is -0.121. The number of carbonyl (C=O) groups excluding carboxylic acids is 1. The molecule has 1 atom stereocenters. The predicted molar refractivity (Wildman–Crippen MR) is 112 cm³/mol. The van der Waals surface area contributed by atoms with Crippen molar-refractivity contribution in [2.45, 2.75) is 31.7 Å². The molecule has 1 unspecified atom stereocenters. The van der Waals surface area contributed by atoms with Crippen molar-refractivity contribution in [2.75, 3.05) is 18.0 Å². The molecule has 1 aliphatic rings. The van der Waals surface area contributed by atoms with Crippen LogP contribution in [0.15, 0.2) is 59.0 Å². The molecular weight excluding hydrogens is 388 g/mol. The van der Waals surface area contributed by atoms with Crippen LogP contribution in [-0.4, -0.2) is 29.2 Å². The SMILES string of the molecule is O=C(Cc1ccccc1Cl)NC(c1ccccc1)c1nnc(N2CCCCC2)o1. The number of hydrogen-bond donors (Lipinski definition) is 1. The van der Waals surface area contributed by atoms with Crippen molar-refractivity contribution in [3.8, 4) is 0 Å². The van der Waals surface area contributed by atoms with Gasteiger partial charge in [0.25, 0.3) is 0 Å². The highest BCUT2D eigenvalue weighted by Crippen LogP contribution is 2.26. The van der Waals surface area contributed by atoms with Gasteiger partial charge in [0.2, 0.25) is 11.8 Å². The van der Waals surface area contributed by atoms with Gasteiger partial charge in [-0.2, -0.15) is 0 Å². The zero-order valence-electron chi connectivity index (χ0n) is 16.1. The van der Waals surface area contributed by atoms with E-state index in [1.807, 2.05) is 48.5 Å². The van der Waals surface area contributed by atoms with Crippen LogP contribution in [0.2, 0.25) is 5.02 Å². The maximum absolute atomic E-state index is 12.8. The number of benzene rings is 2. The lowest BCUT2D eigenvalue weighted by atomic mass is 10.1. The van der Waals surface area contributed by atoms with Gasteiger partial charge in [-0.1, -0.05) is 65.2 Å². The molecule has 1 fully saturated rings. The Balaban J connectivity index is 1.55. The summed E-state index contributed by atoms with van der Waals surface area (Å²) in [6.07, 6.45) is 3.64. The topological polar surface area (TPSA) is 71.3 Å². The molecule has 1 saturated heterocycles. The van der Waals surface area contributed by atoms with E-state index in [0.29, 0.717) is 16.9 Å². The minimum atomic E-state index is -0.516. The normalized spacial score (nSPS) is 15.1. The molecule has 1 N–H and O–H groups in total. The number of rotatable bonds is 6. The Morgan fingerprint density at radius 2 is 1.76 bits per heavy atom. The largest absolute Gasteiger partial charge is 0.405 e. The number of halogens is 1. The molecule has 150 valence electrons. The van der Waals surface area contributed by atoms with Gasteiger partial charge in [-0.15, -0.1) is 5.10 Å². The van der Waals surface area contributed by atoms with Gasteiger partial charge in [0.1, 0.15) is 6.04 Å². The Bertz CT molecular complexity index is 954. The molecule has 0 saturated carbocycles. The van der Waals surface area contributed by atoms with E-state index >= 15 is 0 Å². The van der Waals surface area contributed by atoms with Gasteiger partial charge in [0.05, 0.1) is 6.42 Å². The van der Waals surface area contributed by atoms with Gasteiger partial charge in [0.15, 0.2) is 0 Å². The Hall–Kier alpha value is -2.86. The fourth-order valence-corrected chi connectivity index (χ4v) is 3.72. The highest BCUT2D eigenvalue weighted by molar-refractivity contribution is 6.31. The van der Waals surface area contributed by atoms with Crippen LogP contribution in [0, 0.1) is 0 Å². The number of amides is 1. The minimum absolute atomic E-state index is 0.162. The number of carbonyl (C=O) groups is 1. The maximum Gasteiger partial charge on any atom is 0.318 e. The summed E-state index contributed by atoms with van der Waals surface area (Å²) in [5.41, 5.74) is 1.66. The molecule has 6 nitrogen and oxygen atoms in total. The highest BCUT2D eigenvalue weighted by atomic mass is 35.5. The molecule has 2 heterocycles. The molecule has 1 aliphatic heterocycles. The van der Waals surface area contributed by atoms with E-state index in [2.05, 4.69) is 20.4 Å². The van der Waals surface area contributed by atoms with E-state index in [-0.39, 0.29) is 12.3 Å². The third-order valence-corrected chi connectivity index (χ3v) is 5.42. The molecule has 1 amide bonds. The van der Waals surface area contributed by atoms with E-state index < -0.39 is 6.04 Å². The monoisotopic (exact) mass is 410 g/mol. The van der Waals surface area contributed by atoms with Gasteiger partial charge in [-0.05, 0) is 36.5 Å². The molecule has 7 heteroatoms. The van der Waals surface area contributed by atoms with Crippen molar-refractivity contribution >= 4 is 23.5 Å². The van der Waals surface area contributed by atoms with Crippen molar-refractivity contribution in [1.29, 1.82) is 0 Å². The first-order valence-corrected chi connectivity index (χ1v) is 10.2. The summed E-state index contributed by atoms with van der Waals surface area (Å²) in [5, 5.41) is 12.1. The molecule has 29 heavy (non-hydrogen) atoms. The molecule has 0 bridgehead atoms. The van der Waals surface area contributed by atoms with Crippen LogP contribution in [-0.2, 0) is 11.2 Å². The van der Waals surface area contributed by atoms with Crippen molar-refractivity contribution in [3.05, 3.63) is 76.6 Å². The first kappa shape index (κ1) is 19.5. The van der Waals surface area contributed by atoms with Gasteiger partial charge in [-0.25, -0.2) is 0 Å². The fraction of sp³-hybridized carbons (Fsp3) is 0.318. The minimum Gasteiger partial charge on any atom is -0.405 e. The van der Waals surface area contributed by atoms with Gasteiger partial charge >= 0.3 is 6.01 Å². The molecule has 3 aromatic rings. The van der Waals surface area contributed by atoms with Gasteiger partial charge < -0.3 is 14.6 Å². The molecular formula is C22H23ClN4O2. The van der Waals surface area contributed by atoms with Crippen LogP contribution < -0.4 is 10.2 Å². The van der Waals surface area contributed by atoms with Crippen molar-refractivity contribution in [1.82, 2.24) is 15.5 Å². The summed E-state index contributed by atoms with van der Waals surface area (Å²) in [6.45, 7) is 1.83. The number of hydrogen-bond acceptors (Lipinski definition) is 5. The summed E-state index contributed by atoms with van der Waals surface area (Å²) in [6, 6.07) is 17.0. The third kappa shape index (κ3) is 4.77. The first-order chi connectivity index (χ1) is 14.2. The standard InChI is InChI=1S/C22H23ClN4O2/c23-18-12-6-5-11-17(18)15-19(28)24-20(16-9-3-1-4-10-16)21-25-26-22(29-21)27-13-7-2-8-14-27/h1,3-6,9-12,20H,2,7-8,13-15H2,(H,24,28). The second kappa shape index (κ2) is 9.09. The predicted octanol–water partition coefficient (Wildman–Crippen LogP) is 4.16. The Morgan fingerprint density at radius 1 is 1.03 bits per heavy atom. The molecule has 0 spiro atoms. The van der Waals surface area contributed by atoms with Crippen LogP contribution in [0.25, 0.3) is 0 Å². The summed E-state index contributed by atoms with van der Waals surface area (Å²) in [7, 11) is 0. The third-order valence-electron chi connectivity index (χ3n) is 5.05. The summed E-state index contributed by atoms with van der Waals surface area (Å²) in [4.78, 5) is 14.9. The second-order valence-corrected chi connectivity index (χ2v) is 7.56. The number of anilines is 1. The maximum atomic E-state index is 12.8. The van der Waals surface area contributed by atoms with Crippen LogP contribution in [0.5, 0.6) is 0 Å². The molecule has 1 aromatic heterocycles. The van der Waals surface area contributed by atoms with Crippen LogP contribution in [0.4, 0.5) is 6.01 Å². The quantitative estimate of drug-likeness (QED) is 0.660. The Kier molecular flexibility index (Phi) is 6.10. The fourth-order valence-electron chi connectivity index (χ4n) is 3.52. The number of nitrogens with zero attached hydrogens (tertiary/aromatic N) is 3. The summed E-state index contributed by atoms with van der Waals surface area (Å²) < 4.78 is 5.98. The number of piperidine rings is 1. The van der Waals surface area contributed by atoms with E-state index in [1.165, 1.54) is 6.42 Å². The second-order valence-electron chi connectivity index (χ2n) is 7.15. The van der Waals surface area contributed by atoms with Crippen LogP contribution in [0.1, 0.15) is 42.3 Å². The van der Waals surface area contributed by atoms with E-state index in [0.717, 1.165) is 37.1 Å². The van der Waals surface area contributed by atoms with Gasteiger partial charge in [0, 0.05) is 18.1 Å².